The van der Waals surface area contributed by atoms with Gasteiger partial charge in [-0.2, -0.15) is 0 Å². The first-order chi connectivity index (χ1) is 34.5. The molecule has 0 N–H and O–H groups in total. The zero-order chi connectivity index (χ0) is 52.9. The minimum Gasteiger partial charge on any atom is -0.756 e. The number of esters is 4. The largest absolute Gasteiger partial charge is 0.756 e. The maximum absolute atomic E-state index is 12.8. The molecule has 0 saturated heterocycles. The lowest BCUT2D eigenvalue weighted by molar-refractivity contribution is -0.870. The Morgan fingerprint density at radius 1 is 0.500 bits per heavy atom. The van der Waals surface area contributed by atoms with Gasteiger partial charge in [0.2, 0.25) is 0 Å². The van der Waals surface area contributed by atoms with Crippen molar-refractivity contribution in [3.63, 3.8) is 0 Å². The molecule has 19 nitrogen and oxygen atoms in total. The van der Waals surface area contributed by atoms with Crippen LogP contribution in [-0.4, -0.2) is 91.8 Å². The minimum absolute atomic E-state index is 0.0611. The van der Waals surface area contributed by atoms with Gasteiger partial charge in [0.1, 0.15) is 33.0 Å². The predicted octanol–water partition coefficient (Wildman–Crippen LogP) is 11.1. The summed E-state index contributed by atoms with van der Waals surface area (Å²) in [6.45, 7) is -0.776. The summed E-state index contributed by atoms with van der Waals surface area (Å²) in [5.41, 5.74) is 0.622. The normalized spacial score (nSPS) is 12.7. The molecule has 0 aliphatic rings. The third-order valence-corrected chi connectivity index (χ3v) is 12.8. The first-order valence-corrected chi connectivity index (χ1v) is 27.4. The minimum atomic E-state index is -4.71. The number of hydrogen-bond acceptors (Lipinski definition) is 16. The van der Waals surface area contributed by atoms with Gasteiger partial charge in [0.15, 0.2) is 6.10 Å². The van der Waals surface area contributed by atoms with Gasteiger partial charge in [0.05, 0.1) is 48.7 Å². The number of nitro groups is 2. The topological polar surface area (TPSA) is 250 Å². The fourth-order valence-corrected chi connectivity index (χ4v) is 8.33. The number of unbranched alkanes of at least 4 members (excludes halogenated alkanes) is 20. The van der Waals surface area contributed by atoms with E-state index in [1.807, 2.05) is 21.1 Å². The number of likely N-dealkylation sites (N-methyl/N-ethyl adjacent to an activating group) is 1. The van der Waals surface area contributed by atoms with Gasteiger partial charge in [-0.15, -0.1) is 0 Å². The van der Waals surface area contributed by atoms with Gasteiger partial charge in [-0.3, -0.25) is 44.0 Å². The van der Waals surface area contributed by atoms with E-state index < -0.39 is 42.3 Å². The molecule has 1 unspecified atom stereocenters. The van der Waals surface area contributed by atoms with Gasteiger partial charge in [0, 0.05) is 37.8 Å². The molecule has 0 heterocycles. The average molecular weight is 1040 g/mol. The van der Waals surface area contributed by atoms with E-state index in [9.17, 15) is 48.9 Å². The maximum Gasteiger partial charge on any atom is 0.306 e. The second-order valence-electron chi connectivity index (χ2n) is 19.3. The van der Waals surface area contributed by atoms with Crippen LogP contribution >= 0.6 is 7.82 Å². The zero-order valence-corrected chi connectivity index (χ0v) is 44.0. The van der Waals surface area contributed by atoms with E-state index in [1.165, 1.54) is 12.1 Å². The van der Waals surface area contributed by atoms with Crippen molar-refractivity contribution >= 4 is 43.1 Å². The van der Waals surface area contributed by atoms with E-state index in [4.69, 9.17) is 28.0 Å². The Balaban J connectivity index is 1.54. The summed E-state index contributed by atoms with van der Waals surface area (Å²) in [5, 5.41) is 22.3. The average Bonchev–Trinajstić information content (AvgIpc) is 3.33. The fraction of sp³-hybridized carbons (Fsp3) is 0.692. The van der Waals surface area contributed by atoms with E-state index >= 15 is 0 Å². The van der Waals surface area contributed by atoms with Crippen LogP contribution in [0.3, 0.4) is 0 Å². The van der Waals surface area contributed by atoms with E-state index in [-0.39, 0.29) is 75.4 Å². The summed E-state index contributed by atoms with van der Waals surface area (Å²) in [4.78, 5) is 83.3. The number of phosphoric acid groups is 1. The predicted molar refractivity (Wildman–Crippen MR) is 269 cm³/mol. The summed E-state index contributed by atoms with van der Waals surface area (Å²) in [6, 6.07) is 12.4. The van der Waals surface area contributed by atoms with Crippen LogP contribution in [0.1, 0.15) is 178 Å². The van der Waals surface area contributed by atoms with Crippen LogP contribution in [0.15, 0.2) is 48.5 Å². The first-order valence-electron chi connectivity index (χ1n) is 26.0. The third-order valence-electron chi connectivity index (χ3n) is 11.8. The van der Waals surface area contributed by atoms with Crippen LogP contribution in [0.5, 0.6) is 0 Å². The van der Waals surface area contributed by atoms with E-state index in [1.54, 1.807) is 36.4 Å². The number of para-hydroxylation sites is 2. The third kappa shape index (κ3) is 33.0. The van der Waals surface area contributed by atoms with Crippen LogP contribution in [0.25, 0.3) is 0 Å². The first kappa shape index (κ1) is 63.3. The van der Waals surface area contributed by atoms with Gasteiger partial charge >= 0.3 is 23.9 Å². The molecule has 406 valence electrons. The molecule has 0 aliphatic carbocycles. The molecule has 0 saturated carbocycles. The summed E-state index contributed by atoms with van der Waals surface area (Å²) < 4.78 is 44.3. The number of carbonyl (C=O) groups is 4. The summed E-state index contributed by atoms with van der Waals surface area (Å²) in [5.74, 6) is -1.72. The SMILES string of the molecule is C[N+](C)(C)CCOP(=O)([O-])OC[C@@H](COC(=O)CCCCCCCCCCCCCC(=O)OCc1ccccc1[N+](=O)[O-])OC(=O)CCCCCCCCCCCCCC(=O)OCc1ccccc1[N+](=O)[O-]. The Kier molecular flexibility index (Phi) is 33.3. The number of nitrogens with zero attached hydrogens (tertiary/aromatic N) is 3. The van der Waals surface area contributed by atoms with Crippen LogP contribution < -0.4 is 4.89 Å². The number of phosphoric ester groups is 1. The van der Waals surface area contributed by atoms with E-state index in [0.29, 0.717) is 47.8 Å². The number of benzene rings is 2. The molecule has 20 heteroatoms. The Bertz CT molecular complexity index is 1940. The molecule has 0 aliphatic heterocycles. The molecule has 0 radical (unpaired) electrons. The van der Waals surface area contributed by atoms with E-state index in [0.717, 1.165) is 116 Å². The summed E-state index contributed by atoms with van der Waals surface area (Å²) >= 11 is 0. The van der Waals surface area contributed by atoms with Crippen LogP contribution in [0.2, 0.25) is 0 Å². The number of quaternary nitrogens is 1. The molecule has 2 rings (SSSR count). The highest BCUT2D eigenvalue weighted by atomic mass is 31.2. The molecule has 2 aromatic carbocycles. The highest BCUT2D eigenvalue weighted by molar-refractivity contribution is 7.45. The van der Waals surface area contributed by atoms with Crippen molar-refractivity contribution in [1.82, 2.24) is 0 Å². The van der Waals surface area contributed by atoms with Crippen LogP contribution in [0, 0.1) is 20.2 Å². The Hall–Kier alpha value is -4.81. The standard InChI is InChI=1S/C52H82N3O16P/c1-55(2,3)38-39-69-72(64,65)70-43-46(71-52(59)37-25-21-17-13-9-5-8-11-15-19-23-35-50(57)67-41-45-31-27-29-33-48(45)54(62)63)42-68-51(58)36-24-20-16-12-7-4-6-10-14-18-22-34-49(56)66-40-44-30-26-28-32-47(44)53(60)61/h26-33,46H,4-25,34-43H2,1-3H3/t46-/m1/s1. The van der Waals surface area contributed by atoms with Gasteiger partial charge in [0.25, 0.3) is 19.2 Å². The van der Waals surface area contributed by atoms with E-state index in [2.05, 4.69) is 0 Å². The molecule has 0 amide bonds. The highest BCUT2D eigenvalue weighted by Crippen LogP contribution is 2.38. The lowest BCUT2D eigenvalue weighted by atomic mass is 10.0. The van der Waals surface area contributed by atoms with Crippen molar-refractivity contribution < 1.29 is 71.0 Å². The lowest BCUT2D eigenvalue weighted by Gasteiger charge is -2.28. The molecule has 0 spiro atoms. The number of hydrogen-bond donors (Lipinski definition) is 0. The molecule has 72 heavy (non-hydrogen) atoms. The van der Waals surface area contributed by atoms with Crippen LogP contribution in [-0.2, 0) is 65.0 Å². The smallest absolute Gasteiger partial charge is 0.306 e. The molecule has 0 bridgehead atoms. The van der Waals surface area contributed by atoms with Crippen molar-refractivity contribution in [3.05, 3.63) is 79.9 Å². The summed E-state index contributed by atoms with van der Waals surface area (Å²) in [7, 11) is 0.973. The summed E-state index contributed by atoms with van der Waals surface area (Å²) in [6.07, 6.45) is 20.6. The molecular weight excluding hydrogens is 954 g/mol. The number of carbonyl (C=O) groups excluding carboxylic acids is 4. The Morgan fingerprint density at radius 3 is 1.19 bits per heavy atom. The number of ether oxygens (including phenoxy) is 4. The van der Waals surface area contributed by atoms with Gasteiger partial charge in [-0.25, -0.2) is 0 Å². The molecule has 0 fully saturated rings. The second kappa shape index (κ2) is 37.9. The molecular formula is C52H82N3O16P. The van der Waals surface area contributed by atoms with Crippen molar-refractivity contribution in [2.75, 3.05) is 47.5 Å². The Labute approximate surface area is 426 Å². The fourth-order valence-electron chi connectivity index (χ4n) is 7.60. The highest BCUT2D eigenvalue weighted by Gasteiger charge is 2.22. The lowest BCUT2D eigenvalue weighted by Crippen LogP contribution is -2.37. The molecule has 2 aromatic rings. The van der Waals surface area contributed by atoms with Crippen molar-refractivity contribution in [2.45, 2.75) is 186 Å². The zero-order valence-electron chi connectivity index (χ0n) is 43.1. The maximum atomic E-state index is 12.8. The van der Waals surface area contributed by atoms with Crippen molar-refractivity contribution in [3.8, 4) is 0 Å². The van der Waals surface area contributed by atoms with Crippen molar-refractivity contribution in [1.29, 1.82) is 0 Å². The monoisotopic (exact) mass is 1040 g/mol. The van der Waals surface area contributed by atoms with Crippen LogP contribution in [0.4, 0.5) is 11.4 Å². The Morgan fingerprint density at radius 2 is 0.833 bits per heavy atom. The number of nitro benzene ring substituents is 2. The van der Waals surface area contributed by atoms with Gasteiger partial charge in [-0.1, -0.05) is 140 Å². The second-order valence-corrected chi connectivity index (χ2v) is 20.7. The molecule has 2 atom stereocenters. The van der Waals surface area contributed by atoms with Gasteiger partial charge < -0.3 is 37.4 Å². The molecule has 0 aromatic heterocycles. The van der Waals surface area contributed by atoms with Crippen molar-refractivity contribution in [2.24, 2.45) is 0 Å². The number of rotatable bonds is 44. The van der Waals surface area contributed by atoms with Gasteiger partial charge in [-0.05, 0) is 37.8 Å². The quantitative estimate of drug-likeness (QED) is 0.0114.